The summed E-state index contributed by atoms with van der Waals surface area (Å²) in [5.41, 5.74) is -0.639. The second-order valence-electron chi connectivity index (χ2n) is 4.37. The van der Waals surface area contributed by atoms with E-state index in [-0.39, 0.29) is 11.8 Å². The first-order valence-electron chi connectivity index (χ1n) is 5.90. The Labute approximate surface area is 91.9 Å². The number of nitriles is 1. The summed E-state index contributed by atoms with van der Waals surface area (Å²) in [4.78, 5) is 11.9. The maximum Gasteiger partial charge on any atom is 0.224 e. The van der Waals surface area contributed by atoms with Gasteiger partial charge in [0.2, 0.25) is 5.91 Å². The molecule has 0 spiro atoms. The van der Waals surface area contributed by atoms with E-state index < -0.39 is 5.54 Å². The molecule has 1 rings (SSSR count). The number of hydrogen-bond acceptors (Lipinski definition) is 2. The molecular weight excluding hydrogens is 188 g/mol. The lowest BCUT2D eigenvalue weighted by Crippen LogP contribution is -2.48. The summed E-state index contributed by atoms with van der Waals surface area (Å²) in [6.07, 6.45) is 5.63. The molecule has 0 radical (unpaired) electrons. The van der Waals surface area contributed by atoms with Crippen LogP contribution in [0.1, 0.15) is 52.4 Å². The van der Waals surface area contributed by atoms with Crippen LogP contribution in [0.25, 0.3) is 0 Å². The molecule has 0 aromatic carbocycles. The zero-order valence-electron chi connectivity index (χ0n) is 9.68. The van der Waals surface area contributed by atoms with Gasteiger partial charge < -0.3 is 5.32 Å². The third-order valence-corrected chi connectivity index (χ3v) is 3.51. The van der Waals surface area contributed by atoms with Crippen molar-refractivity contribution in [3.8, 4) is 6.07 Å². The third-order valence-electron chi connectivity index (χ3n) is 3.51. The minimum atomic E-state index is -0.639. The summed E-state index contributed by atoms with van der Waals surface area (Å²) >= 11 is 0. The van der Waals surface area contributed by atoms with Gasteiger partial charge in [-0.15, -0.1) is 0 Å². The van der Waals surface area contributed by atoms with Gasteiger partial charge in [0.15, 0.2) is 0 Å². The second kappa shape index (κ2) is 5.16. The van der Waals surface area contributed by atoms with Gasteiger partial charge in [-0.3, -0.25) is 4.79 Å². The van der Waals surface area contributed by atoms with Gasteiger partial charge in [0.1, 0.15) is 5.54 Å². The number of amides is 1. The Morgan fingerprint density at radius 1 is 1.40 bits per heavy atom. The molecule has 1 amide bonds. The molecule has 1 saturated carbocycles. The smallest absolute Gasteiger partial charge is 0.224 e. The maximum absolute atomic E-state index is 11.9. The average molecular weight is 208 g/mol. The van der Waals surface area contributed by atoms with Crippen LogP contribution >= 0.6 is 0 Å². The highest BCUT2D eigenvalue weighted by molar-refractivity contribution is 5.80. The molecular formula is C12H20N2O. The monoisotopic (exact) mass is 208 g/mol. The summed E-state index contributed by atoms with van der Waals surface area (Å²) in [5.74, 6) is 0.230. The van der Waals surface area contributed by atoms with E-state index in [4.69, 9.17) is 5.26 Å². The number of carbonyl (C=O) groups excluding carboxylic acids is 1. The molecule has 0 aromatic rings. The van der Waals surface area contributed by atoms with Gasteiger partial charge >= 0.3 is 0 Å². The molecule has 1 aliphatic rings. The van der Waals surface area contributed by atoms with Crippen LogP contribution in [-0.2, 0) is 4.79 Å². The lowest BCUT2D eigenvalue weighted by molar-refractivity contribution is -0.126. The Balaban J connectivity index is 2.58. The van der Waals surface area contributed by atoms with Crippen LogP contribution in [-0.4, -0.2) is 11.4 Å². The van der Waals surface area contributed by atoms with Crippen molar-refractivity contribution in [2.45, 2.75) is 57.9 Å². The van der Waals surface area contributed by atoms with Gasteiger partial charge in [-0.25, -0.2) is 0 Å². The van der Waals surface area contributed by atoms with Crippen LogP contribution in [0.2, 0.25) is 0 Å². The normalized spacial score (nSPS) is 17.4. The first kappa shape index (κ1) is 12.0. The van der Waals surface area contributed by atoms with Crippen molar-refractivity contribution in [1.82, 2.24) is 5.32 Å². The quantitative estimate of drug-likeness (QED) is 0.771. The van der Waals surface area contributed by atoms with E-state index in [1.165, 1.54) is 0 Å². The van der Waals surface area contributed by atoms with E-state index >= 15 is 0 Å². The van der Waals surface area contributed by atoms with Crippen LogP contribution < -0.4 is 5.32 Å². The van der Waals surface area contributed by atoms with Crippen molar-refractivity contribution in [2.24, 2.45) is 5.92 Å². The summed E-state index contributed by atoms with van der Waals surface area (Å²) in [6, 6.07) is 2.24. The zero-order valence-corrected chi connectivity index (χ0v) is 9.68. The first-order chi connectivity index (χ1) is 7.17. The third kappa shape index (κ3) is 2.71. The van der Waals surface area contributed by atoms with Crippen molar-refractivity contribution >= 4 is 5.91 Å². The second-order valence-corrected chi connectivity index (χ2v) is 4.37. The molecule has 84 valence electrons. The molecule has 0 saturated heterocycles. The van der Waals surface area contributed by atoms with E-state index in [1.807, 2.05) is 13.8 Å². The minimum absolute atomic E-state index is 0.0813. The topological polar surface area (TPSA) is 52.9 Å². The minimum Gasteiger partial charge on any atom is -0.338 e. The van der Waals surface area contributed by atoms with Gasteiger partial charge in [0.05, 0.1) is 6.07 Å². The highest BCUT2D eigenvalue weighted by Crippen LogP contribution is 2.26. The Kier molecular flexibility index (Phi) is 4.14. The van der Waals surface area contributed by atoms with E-state index in [2.05, 4.69) is 11.4 Å². The molecule has 1 aliphatic carbocycles. The molecule has 3 heteroatoms. The van der Waals surface area contributed by atoms with Gasteiger partial charge in [-0.2, -0.15) is 5.26 Å². The molecule has 0 bridgehead atoms. The van der Waals surface area contributed by atoms with Crippen molar-refractivity contribution in [2.75, 3.05) is 0 Å². The zero-order chi connectivity index (χ0) is 11.3. The fourth-order valence-electron chi connectivity index (χ4n) is 2.14. The number of nitrogens with zero attached hydrogens (tertiary/aromatic N) is 1. The summed E-state index contributed by atoms with van der Waals surface area (Å²) in [6.45, 7) is 3.89. The number of nitrogens with one attached hydrogen (secondary N) is 1. The number of rotatable bonds is 4. The van der Waals surface area contributed by atoms with Gasteiger partial charge in [0, 0.05) is 5.92 Å². The van der Waals surface area contributed by atoms with Crippen LogP contribution in [0.4, 0.5) is 0 Å². The fourth-order valence-corrected chi connectivity index (χ4v) is 2.14. The van der Waals surface area contributed by atoms with E-state index in [0.717, 1.165) is 25.7 Å². The predicted molar refractivity (Wildman–Crippen MR) is 59.0 cm³/mol. The van der Waals surface area contributed by atoms with Crippen molar-refractivity contribution < 1.29 is 4.79 Å². The Morgan fingerprint density at radius 3 is 2.33 bits per heavy atom. The van der Waals surface area contributed by atoms with Crippen LogP contribution in [0, 0.1) is 17.2 Å². The average Bonchev–Trinajstić information content (AvgIpc) is 2.79. The SMILES string of the molecule is CCC(C#N)(CC)NC(=O)C1CCCC1. The van der Waals surface area contributed by atoms with Gasteiger partial charge in [0.25, 0.3) is 0 Å². The molecule has 1 N–H and O–H groups in total. The Morgan fingerprint density at radius 2 is 1.93 bits per heavy atom. The molecule has 15 heavy (non-hydrogen) atoms. The first-order valence-corrected chi connectivity index (χ1v) is 5.90. The molecule has 3 nitrogen and oxygen atoms in total. The van der Waals surface area contributed by atoms with E-state index in [0.29, 0.717) is 12.8 Å². The summed E-state index contributed by atoms with van der Waals surface area (Å²) in [7, 11) is 0. The van der Waals surface area contributed by atoms with Crippen LogP contribution in [0.15, 0.2) is 0 Å². The van der Waals surface area contributed by atoms with Crippen LogP contribution in [0.5, 0.6) is 0 Å². The van der Waals surface area contributed by atoms with Crippen LogP contribution in [0.3, 0.4) is 0 Å². The summed E-state index contributed by atoms with van der Waals surface area (Å²) in [5, 5.41) is 12.0. The lowest BCUT2D eigenvalue weighted by atomic mass is 9.93. The predicted octanol–water partition coefficient (Wildman–Crippen LogP) is 2.38. The molecule has 0 atom stereocenters. The van der Waals surface area contributed by atoms with Gasteiger partial charge in [-0.05, 0) is 25.7 Å². The van der Waals surface area contributed by atoms with Gasteiger partial charge in [-0.1, -0.05) is 26.7 Å². The van der Waals surface area contributed by atoms with E-state index in [9.17, 15) is 4.79 Å². The van der Waals surface area contributed by atoms with Crippen molar-refractivity contribution in [1.29, 1.82) is 5.26 Å². The highest BCUT2D eigenvalue weighted by atomic mass is 16.2. The Bertz CT molecular complexity index is 257. The van der Waals surface area contributed by atoms with Crippen molar-refractivity contribution in [3.63, 3.8) is 0 Å². The maximum atomic E-state index is 11.9. The standard InChI is InChI=1S/C12H20N2O/c1-3-12(4-2,9-13)14-11(15)10-7-5-6-8-10/h10H,3-8H2,1-2H3,(H,14,15). The molecule has 0 unspecified atom stereocenters. The number of carbonyl (C=O) groups is 1. The van der Waals surface area contributed by atoms with E-state index in [1.54, 1.807) is 0 Å². The highest BCUT2D eigenvalue weighted by Gasteiger charge is 2.31. The molecule has 0 aliphatic heterocycles. The molecule has 0 heterocycles. The Hall–Kier alpha value is -1.04. The molecule has 0 aromatic heterocycles. The van der Waals surface area contributed by atoms with Crippen molar-refractivity contribution in [3.05, 3.63) is 0 Å². The molecule has 1 fully saturated rings. The lowest BCUT2D eigenvalue weighted by Gasteiger charge is -2.26. The summed E-state index contributed by atoms with van der Waals surface area (Å²) < 4.78 is 0. The number of hydrogen-bond donors (Lipinski definition) is 1. The fraction of sp³-hybridized carbons (Fsp3) is 0.833. The largest absolute Gasteiger partial charge is 0.338 e.